The molecule has 2 rings (SSSR count). The highest BCUT2D eigenvalue weighted by Crippen LogP contribution is 2.16. The Labute approximate surface area is 68.3 Å². The molecule has 0 fully saturated rings. The fourth-order valence-corrected chi connectivity index (χ4v) is 0.832. The van der Waals surface area contributed by atoms with Crippen molar-refractivity contribution in [2.45, 2.75) is 0 Å². The molecule has 0 aliphatic rings. The molecule has 0 radical (unpaired) electrons. The van der Waals surface area contributed by atoms with Gasteiger partial charge in [0.25, 0.3) is 6.01 Å². The van der Waals surface area contributed by atoms with Gasteiger partial charge < -0.3 is 10.2 Å². The lowest BCUT2D eigenvalue weighted by Gasteiger charge is -1.90. The van der Waals surface area contributed by atoms with Crippen LogP contribution in [-0.2, 0) is 0 Å². The monoisotopic (exact) mass is 162 g/mol. The Morgan fingerprint density at radius 1 is 1.17 bits per heavy atom. The molecule has 5 heteroatoms. The lowest BCUT2D eigenvalue weighted by atomic mass is 10.4. The van der Waals surface area contributed by atoms with Gasteiger partial charge in [0, 0.05) is 12.4 Å². The third kappa shape index (κ3) is 1.12. The molecule has 0 amide bonds. The Morgan fingerprint density at radius 2 is 2.08 bits per heavy atom. The molecule has 0 saturated carbocycles. The largest absolute Gasteiger partial charge is 0.422 e. The summed E-state index contributed by atoms with van der Waals surface area (Å²) in [5, 5.41) is 0. The molecule has 0 saturated heterocycles. The van der Waals surface area contributed by atoms with E-state index in [1.807, 2.05) is 0 Å². The van der Waals surface area contributed by atoms with Gasteiger partial charge in [-0.25, -0.2) is 9.97 Å². The number of hydrogen-bond acceptors (Lipinski definition) is 5. The molecular formula is C7H6N4O. The van der Waals surface area contributed by atoms with Crippen molar-refractivity contribution in [2.75, 3.05) is 5.73 Å². The fraction of sp³-hybridized carbons (Fsp3) is 0. The van der Waals surface area contributed by atoms with E-state index < -0.39 is 0 Å². The minimum Gasteiger partial charge on any atom is -0.422 e. The van der Waals surface area contributed by atoms with Crippen LogP contribution in [0.3, 0.4) is 0 Å². The van der Waals surface area contributed by atoms with Crippen LogP contribution in [0.1, 0.15) is 0 Å². The SMILES string of the molecule is Nc1ncc(-c2cnccn2)o1. The number of aromatic nitrogens is 3. The van der Waals surface area contributed by atoms with Crippen LogP contribution in [0.5, 0.6) is 0 Å². The van der Waals surface area contributed by atoms with Crippen LogP contribution in [-0.4, -0.2) is 15.0 Å². The van der Waals surface area contributed by atoms with Gasteiger partial charge in [0.15, 0.2) is 5.76 Å². The van der Waals surface area contributed by atoms with Crippen LogP contribution in [0.15, 0.2) is 29.2 Å². The average molecular weight is 162 g/mol. The molecule has 2 aromatic heterocycles. The number of oxazole rings is 1. The molecule has 0 aliphatic carbocycles. The van der Waals surface area contributed by atoms with Crippen LogP contribution in [0.25, 0.3) is 11.5 Å². The predicted octanol–water partition coefficient (Wildman–Crippen LogP) is 0.714. The number of anilines is 1. The van der Waals surface area contributed by atoms with Crippen LogP contribution in [0.4, 0.5) is 6.01 Å². The van der Waals surface area contributed by atoms with Gasteiger partial charge >= 0.3 is 0 Å². The quantitative estimate of drug-likeness (QED) is 0.668. The molecule has 0 aromatic carbocycles. The summed E-state index contributed by atoms with van der Waals surface area (Å²) in [6.45, 7) is 0. The van der Waals surface area contributed by atoms with Gasteiger partial charge in [0.2, 0.25) is 0 Å². The Morgan fingerprint density at radius 3 is 2.67 bits per heavy atom. The van der Waals surface area contributed by atoms with Gasteiger partial charge in [-0.05, 0) is 0 Å². The van der Waals surface area contributed by atoms with E-state index in [0.29, 0.717) is 11.5 Å². The molecule has 0 atom stereocenters. The van der Waals surface area contributed by atoms with Crippen molar-refractivity contribution in [1.29, 1.82) is 0 Å². The van der Waals surface area contributed by atoms with Crippen molar-refractivity contribution in [1.82, 2.24) is 15.0 Å². The molecule has 0 bridgehead atoms. The van der Waals surface area contributed by atoms with E-state index in [1.165, 1.54) is 6.20 Å². The Kier molecular flexibility index (Phi) is 1.48. The number of nitrogens with zero attached hydrogens (tertiary/aromatic N) is 3. The molecule has 0 aliphatic heterocycles. The third-order valence-electron chi connectivity index (χ3n) is 1.34. The first kappa shape index (κ1) is 6.78. The number of hydrogen-bond donors (Lipinski definition) is 1. The highest BCUT2D eigenvalue weighted by atomic mass is 16.4. The van der Waals surface area contributed by atoms with Gasteiger partial charge in [-0.15, -0.1) is 0 Å². The van der Waals surface area contributed by atoms with E-state index in [1.54, 1.807) is 18.6 Å². The molecule has 0 spiro atoms. The van der Waals surface area contributed by atoms with Crippen molar-refractivity contribution in [3.63, 3.8) is 0 Å². The molecule has 2 aromatic rings. The van der Waals surface area contributed by atoms with Gasteiger partial charge in [-0.1, -0.05) is 0 Å². The first-order chi connectivity index (χ1) is 5.86. The smallest absolute Gasteiger partial charge is 0.292 e. The highest BCUT2D eigenvalue weighted by molar-refractivity contribution is 5.49. The van der Waals surface area contributed by atoms with E-state index >= 15 is 0 Å². The molecule has 60 valence electrons. The summed E-state index contributed by atoms with van der Waals surface area (Å²) in [7, 11) is 0. The molecule has 12 heavy (non-hydrogen) atoms. The highest BCUT2D eigenvalue weighted by Gasteiger charge is 2.03. The van der Waals surface area contributed by atoms with E-state index in [0.717, 1.165) is 0 Å². The summed E-state index contributed by atoms with van der Waals surface area (Å²) in [6, 6.07) is 0.135. The summed E-state index contributed by atoms with van der Waals surface area (Å²) >= 11 is 0. The minimum atomic E-state index is 0.135. The summed E-state index contributed by atoms with van der Waals surface area (Å²) < 4.78 is 5.03. The Balaban J connectivity index is 2.45. The van der Waals surface area contributed by atoms with Gasteiger partial charge in [-0.3, -0.25) is 4.98 Å². The maximum Gasteiger partial charge on any atom is 0.292 e. The van der Waals surface area contributed by atoms with E-state index in [9.17, 15) is 0 Å². The van der Waals surface area contributed by atoms with E-state index in [2.05, 4.69) is 15.0 Å². The summed E-state index contributed by atoms with van der Waals surface area (Å²) in [5.74, 6) is 0.528. The normalized spacial score (nSPS) is 10.0. The van der Waals surface area contributed by atoms with Crippen molar-refractivity contribution in [3.05, 3.63) is 24.8 Å². The zero-order chi connectivity index (χ0) is 8.39. The van der Waals surface area contributed by atoms with Crippen molar-refractivity contribution >= 4 is 6.01 Å². The van der Waals surface area contributed by atoms with Crippen molar-refractivity contribution in [2.24, 2.45) is 0 Å². The topological polar surface area (TPSA) is 77.8 Å². The Hall–Kier alpha value is -1.91. The maximum absolute atomic E-state index is 5.29. The first-order valence-corrected chi connectivity index (χ1v) is 3.34. The standard InChI is InChI=1S/C7H6N4O/c8-7-11-4-6(12-7)5-3-9-1-2-10-5/h1-4H,(H2,8,11). The number of nitrogen functional groups attached to an aromatic ring is 1. The Bertz CT molecular complexity index is 370. The molecule has 0 unspecified atom stereocenters. The number of nitrogens with two attached hydrogens (primary N) is 1. The fourth-order valence-electron chi connectivity index (χ4n) is 0.832. The zero-order valence-electron chi connectivity index (χ0n) is 6.14. The third-order valence-corrected chi connectivity index (χ3v) is 1.34. The second-order valence-corrected chi connectivity index (χ2v) is 2.15. The van der Waals surface area contributed by atoms with Gasteiger partial charge in [-0.2, -0.15) is 0 Å². The van der Waals surface area contributed by atoms with E-state index in [4.69, 9.17) is 10.2 Å². The summed E-state index contributed by atoms with van der Waals surface area (Å²) in [6.07, 6.45) is 6.26. The number of rotatable bonds is 1. The van der Waals surface area contributed by atoms with Gasteiger partial charge in [0.05, 0.1) is 12.4 Å². The van der Waals surface area contributed by atoms with Crippen LogP contribution in [0.2, 0.25) is 0 Å². The predicted molar refractivity (Wildman–Crippen MR) is 41.9 cm³/mol. The molecular weight excluding hydrogens is 156 g/mol. The summed E-state index contributed by atoms with van der Waals surface area (Å²) in [5.41, 5.74) is 5.92. The second-order valence-electron chi connectivity index (χ2n) is 2.15. The van der Waals surface area contributed by atoms with Crippen LogP contribution >= 0.6 is 0 Å². The maximum atomic E-state index is 5.29. The van der Waals surface area contributed by atoms with Crippen LogP contribution < -0.4 is 5.73 Å². The minimum absolute atomic E-state index is 0.135. The molecule has 5 nitrogen and oxygen atoms in total. The average Bonchev–Trinajstić information content (AvgIpc) is 2.54. The van der Waals surface area contributed by atoms with Crippen LogP contribution in [0, 0.1) is 0 Å². The lowest BCUT2D eigenvalue weighted by Crippen LogP contribution is -1.81. The van der Waals surface area contributed by atoms with Crippen molar-refractivity contribution < 1.29 is 4.42 Å². The molecule has 2 N–H and O–H groups in total. The molecule has 2 heterocycles. The van der Waals surface area contributed by atoms with E-state index in [-0.39, 0.29) is 6.01 Å². The van der Waals surface area contributed by atoms with Gasteiger partial charge in [0.1, 0.15) is 5.69 Å². The van der Waals surface area contributed by atoms with Crippen molar-refractivity contribution in [3.8, 4) is 11.5 Å². The second kappa shape index (κ2) is 2.61. The lowest BCUT2D eigenvalue weighted by molar-refractivity contribution is 0.592. The zero-order valence-corrected chi connectivity index (χ0v) is 6.14. The first-order valence-electron chi connectivity index (χ1n) is 3.34. The summed E-state index contributed by atoms with van der Waals surface area (Å²) in [4.78, 5) is 11.6.